The van der Waals surface area contributed by atoms with Crippen molar-refractivity contribution >= 4 is 28.6 Å². The average molecular weight is 288 g/mol. The second kappa shape index (κ2) is 6.09. The van der Waals surface area contributed by atoms with Crippen LogP contribution in [0.15, 0.2) is 30.3 Å². The summed E-state index contributed by atoms with van der Waals surface area (Å²) in [5, 5.41) is 6.31. The molecule has 2 aromatic rings. The SMILES string of the molecule is CC(=O)Nc1ccc(NC(C)c2ccc(C)s2)cc1C. The zero-order chi connectivity index (χ0) is 14.7. The zero-order valence-electron chi connectivity index (χ0n) is 12.3. The van der Waals surface area contributed by atoms with Gasteiger partial charge in [0.15, 0.2) is 0 Å². The van der Waals surface area contributed by atoms with Gasteiger partial charge in [-0.15, -0.1) is 11.3 Å². The summed E-state index contributed by atoms with van der Waals surface area (Å²) < 4.78 is 0. The van der Waals surface area contributed by atoms with Gasteiger partial charge in [0, 0.05) is 28.1 Å². The van der Waals surface area contributed by atoms with Crippen LogP contribution in [0.4, 0.5) is 11.4 Å². The highest BCUT2D eigenvalue weighted by atomic mass is 32.1. The molecule has 0 radical (unpaired) electrons. The molecule has 2 N–H and O–H groups in total. The first kappa shape index (κ1) is 14.6. The maximum absolute atomic E-state index is 11.1. The fourth-order valence-electron chi connectivity index (χ4n) is 2.09. The molecule has 1 aromatic carbocycles. The summed E-state index contributed by atoms with van der Waals surface area (Å²) in [5.41, 5.74) is 2.98. The highest BCUT2D eigenvalue weighted by Gasteiger charge is 2.08. The minimum Gasteiger partial charge on any atom is -0.378 e. The Balaban J connectivity index is 2.10. The van der Waals surface area contributed by atoms with Crippen LogP contribution in [-0.4, -0.2) is 5.91 Å². The first-order chi connectivity index (χ1) is 9.45. The largest absolute Gasteiger partial charge is 0.378 e. The van der Waals surface area contributed by atoms with Crippen LogP contribution in [-0.2, 0) is 4.79 Å². The van der Waals surface area contributed by atoms with Gasteiger partial charge in [-0.25, -0.2) is 0 Å². The van der Waals surface area contributed by atoms with Crippen LogP contribution in [0, 0.1) is 13.8 Å². The number of hydrogen-bond donors (Lipinski definition) is 2. The molecule has 1 atom stereocenters. The Morgan fingerprint density at radius 1 is 1.20 bits per heavy atom. The number of benzene rings is 1. The Kier molecular flexibility index (Phi) is 4.45. The predicted molar refractivity (Wildman–Crippen MR) is 86.6 cm³/mol. The van der Waals surface area contributed by atoms with Crippen LogP contribution in [0.5, 0.6) is 0 Å². The first-order valence-electron chi connectivity index (χ1n) is 6.67. The monoisotopic (exact) mass is 288 g/mol. The van der Waals surface area contributed by atoms with Gasteiger partial charge in [0.2, 0.25) is 5.91 Å². The highest BCUT2D eigenvalue weighted by Crippen LogP contribution is 2.27. The molecule has 0 fully saturated rings. The van der Waals surface area contributed by atoms with Crippen LogP contribution in [0.1, 0.15) is 35.2 Å². The Hall–Kier alpha value is -1.81. The van der Waals surface area contributed by atoms with Crippen LogP contribution in [0.3, 0.4) is 0 Å². The second-order valence-electron chi connectivity index (χ2n) is 5.03. The standard InChI is InChI=1S/C16H20N2OS/c1-10-9-14(6-7-15(10)18-13(4)19)17-12(3)16-8-5-11(2)20-16/h5-9,12,17H,1-4H3,(H,18,19). The normalized spacial score (nSPS) is 12.0. The van der Waals surface area contributed by atoms with Gasteiger partial charge >= 0.3 is 0 Å². The molecule has 1 amide bonds. The van der Waals surface area contributed by atoms with Gasteiger partial charge in [-0.3, -0.25) is 4.79 Å². The third-order valence-corrected chi connectivity index (χ3v) is 4.29. The van der Waals surface area contributed by atoms with Crippen LogP contribution < -0.4 is 10.6 Å². The predicted octanol–water partition coefficient (Wildman–Crippen LogP) is 4.50. The fourth-order valence-corrected chi connectivity index (χ4v) is 2.97. The number of hydrogen-bond acceptors (Lipinski definition) is 3. The van der Waals surface area contributed by atoms with Crippen molar-refractivity contribution < 1.29 is 4.79 Å². The lowest BCUT2D eigenvalue weighted by molar-refractivity contribution is -0.114. The van der Waals surface area contributed by atoms with E-state index in [1.54, 1.807) is 0 Å². The molecule has 0 aliphatic rings. The van der Waals surface area contributed by atoms with Gasteiger partial charge in [-0.1, -0.05) is 0 Å². The van der Waals surface area contributed by atoms with Crippen molar-refractivity contribution in [2.75, 3.05) is 10.6 Å². The van der Waals surface area contributed by atoms with Crippen molar-refractivity contribution in [3.05, 3.63) is 45.6 Å². The number of thiophene rings is 1. The van der Waals surface area contributed by atoms with E-state index in [-0.39, 0.29) is 11.9 Å². The van der Waals surface area contributed by atoms with E-state index in [1.807, 2.05) is 30.4 Å². The maximum Gasteiger partial charge on any atom is 0.221 e. The number of amides is 1. The van der Waals surface area contributed by atoms with E-state index in [2.05, 4.69) is 42.7 Å². The Morgan fingerprint density at radius 2 is 1.95 bits per heavy atom. The van der Waals surface area contributed by atoms with Gasteiger partial charge in [0.25, 0.3) is 0 Å². The van der Waals surface area contributed by atoms with Crippen molar-refractivity contribution in [1.29, 1.82) is 0 Å². The summed E-state index contributed by atoms with van der Waals surface area (Å²) in [4.78, 5) is 13.7. The minimum absolute atomic E-state index is 0.0451. The number of carbonyl (C=O) groups excluding carboxylic acids is 1. The Bertz CT molecular complexity index is 619. The molecule has 0 saturated carbocycles. The Morgan fingerprint density at radius 3 is 2.50 bits per heavy atom. The molecule has 0 bridgehead atoms. The molecule has 0 spiro atoms. The number of aryl methyl sites for hydroxylation is 2. The summed E-state index contributed by atoms with van der Waals surface area (Å²) in [5.74, 6) is -0.0451. The van der Waals surface area contributed by atoms with Crippen molar-refractivity contribution in [2.24, 2.45) is 0 Å². The lowest BCUT2D eigenvalue weighted by atomic mass is 10.1. The zero-order valence-corrected chi connectivity index (χ0v) is 13.1. The Labute approximate surface area is 124 Å². The molecule has 0 saturated heterocycles. The van der Waals surface area contributed by atoms with E-state index in [0.717, 1.165) is 16.9 Å². The van der Waals surface area contributed by atoms with Gasteiger partial charge < -0.3 is 10.6 Å². The average Bonchev–Trinajstić information content (AvgIpc) is 2.79. The third kappa shape index (κ3) is 3.61. The molecule has 20 heavy (non-hydrogen) atoms. The van der Waals surface area contributed by atoms with Gasteiger partial charge in [-0.2, -0.15) is 0 Å². The molecule has 2 rings (SSSR count). The molecular formula is C16H20N2OS. The van der Waals surface area contributed by atoms with Crippen LogP contribution >= 0.6 is 11.3 Å². The van der Waals surface area contributed by atoms with Crippen LogP contribution in [0.25, 0.3) is 0 Å². The molecule has 1 aromatic heterocycles. The molecule has 4 heteroatoms. The number of rotatable bonds is 4. The number of nitrogens with one attached hydrogen (secondary N) is 2. The number of carbonyl (C=O) groups is 1. The summed E-state index contributed by atoms with van der Waals surface area (Å²) >= 11 is 1.81. The first-order valence-corrected chi connectivity index (χ1v) is 7.48. The molecule has 106 valence electrons. The maximum atomic E-state index is 11.1. The third-order valence-electron chi connectivity index (χ3n) is 3.11. The molecule has 1 unspecified atom stereocenters. The van der Waals surface area contributed by atoms with Crippen molar-refractivity contribution in [3.8, 4) is 0 Å². The summed E-state index contributed by atoms with van der Waals surface area (Å²) in [6, 6.07) is 10.6. The number of anilines is 2. The topological polar surface area (TPSA) is 41.1 Å². The fraction of sp³-hybridized carbons (Fsp3) is 0.312. The van der Waals surface area contributed by atoms with E-state index in [9.17, 15) is 4.79 Å². The van der Waals surface area contributed by atoms with Crippen molar-refractivity contribution in [2.45, 2.75) is 33.7 Å². The smallest absolute Gasteiger partial charge is 0.221 e. The van der Waals surface area contributed by atoms with E-state index < -0.39 is 0 Å². The molecule has 0 aliphatic heterocycles. The van der Waals surface area contributed by atoms with Gasteiger partial charge in [-0.05, 0) is 56.7 Å². The second-order valence-corrected chi connectivity index (χ2v) is 6.34. The summed E-state index contributed by atoms with van der Waals surface area (Å²) in [6.07, 6.45) is 0. The molecule has 0 aliphatic carbocycles. The lowest BCUT2D eigenvalue weighted by Gasteiger charge is -2.15. The molecule has 3 nitrogen and oxygen atoms in total. The molecule has 1 heterocycles. The van der Waals surface area contributed by atoms with E-state index in [0.29, 0.717) is 0 Å². The van der Waals surface area contributed by atoms with E-state index >= 15 is 0 Å². The lowest BCUT2D eigenvalue weighted by Crippen LogP contribution is -2.08. The van der Waals surface area contributed by atoms with Gasteiger partial charge in [0.05, 0.1) is 6.04 Å². The van der Waals surface area contributed by atoms with Gasteiger partial charge in [0.1, 0.15) is 0 Å². The summed E-state index contributed by atoms with van der Waals surface area (Å²) in [7, 11) is 0. The van der Waals surface area contributed by atoms with E-state index in [1.165, 1.54) is 16.7 Å². The molecular weight excluding hydrogens is 268 g/mol. The van der Waals surface area contributed by atoms with Crippen LogP contribution in [0.2, 0.25) is 0 Å². The minimum atomic E-state index is -0.0451. The quantitative estimate of drug-likeness (QED) is 0.870. The highest BCUT2D eigenvalue weighted by molar-refractivity contribution is 7.12. The van der Waals surface area contributed by atoms with E-state index in [4.69, 9.17) is 0 Å². The summed E-state index contributed by atoms with van der Waals surface area (Å²) in [6.45, 7) is 7.79. The van der Waals surface area contributed by atoms with Crippen molar-refractivity contribution in [1.82, 2.24) is 0 Å². The van der Waals surface area contributed by atoms with Crippen molar-refractivity contribution in [3.63, 3.8) is 0 Å².